The largest absolute Gasteiger partial charge is 0.469 e. The van der Waals surface area contributed by atoms with Crippen molar-refractivity contribution in [3.8, 4) is 0 Å². The minimum Gasteiger partial charge on any atom is -0.469 e. The molecule has 0 aliphatic carbocycles. The van der Waals surface area contributed by atoms with Crippen LogP contribution in [0.3, 0.4) is 0 Å². The van der Waals surface area contributed by atoms with Gasteiger partial charge in [-0.3, -0.25) is 0 Å². The molecule has 1 N–H and O–H groups in total. The zero-order valence-electron chi connectivity index (χ0n) is 10.1. The molecule has 0 bridgehead atoms. The lowest BCUT2D eigenvalue weighted by atomic mass is 10.1. The molecule has 0 aliphatic heterocycles. The van der Waals surface area contributed by atoms with Gasteiger partial charge in [-0.25, -0.2) is 0 Å². The van der Waals surface area contributed by atoms with Gasteiger partial charge in [-0.2, -0.15) is 0 Å². The van der Waals surface area contributed by atoms with Gasteiger partial charge < -0.3 is 9.73 Å². The normalized spacial score (nSPS) is 12.8. The van der Waals surface area contributed by atoms with Crippen LogP contribution in [0.2, 0.25) is 0 Å². The molecule has 2 aromatic rings. The number of aryl methyl sites for hydroxylation is 1. The van der Waals surface area contributed by atoms with Crippen LogP contribution in [0.4, 0.5) is 0 Å². The molecule has 0 spiro atoms. The van der Waals surface area contributed by atoms with Gasteiger partial charge in [-0.1, -0.05) is 11.4 Å². The third-order valence-corrected chi connectivity index (χ3v) is 3.57. The van der Waals surface area contributed by atoms with Gasteiger partial charge in [0, 0.05) is 6.42 Å². The zero-order chi connectivity index (χ0) is 12.1. The first-order valence-corrected chi connectivity index (χ1v) is 6.63. The van der Waals surface area contributed by atoms with Gasteiger partial charge in [0.25, 0.3) is 0 Å². The molecule has 0 saturated carbocycles. The number of rotatable bonds is 6. The molecular weight excluding hydrogens is 234 g/mol. The Morgan fingerprint density at radius 1 is 1.53 bits per heavy atom. The second kappa shape index (κ2) is 5.93. The predicted octanol–water partition coefficient (Wildman–Crippen LogP) is 2.72. The fourth-order valence-electron chi connectivity index (χ4n) is 1.76. The van der Waals surface area contributed by atoms with Crippen LogP contribution in [-0.2, 0) is 6.42 Å². The molecule has 1 atom stereocenters. The summed E-state index contributed by atoms with van der Waals surface area (Å²) in [6, 6.07) is 4.18. The molecular formula is C12H17N3OS. The maximum atomic E-state index is 5.41. The first-order valence-electron chi connectivity index (χ1n) is 5.86. The van der Waals surface area contributed by atoms with Crippen LogP contribution in [0.15, 0.2) is 22.8 Å². The lowest BCUT2D eigenvalue weighted by Crippen LogP contribution is -2.23. The van der Waals surface area contributed by atoms with E-state index in [-0.39, 0.29) is 6.04 Å². The summed E-state index contributed by atoms with van der Waals surface area (Å²) in [7, 11) is 0. The van der Waals surface area contributed by atoms with Crippen molar-refractivity contribution in [3.05, 3.63) is 34.7 Å². The van der Waals surface area contributed by atoms with Crippen molar-refractivity contribution in [1.82, 2.24) is 14.9 Å². The van der Waals surface area contributed by atoms with E-state index in [0.717, 1.165) is 30.8 Å². The maximum absolute atomic E-state index is 5.41. The summed E-state index contributed by atoms with van der Waals surface area (Å²) in [5.41, 5.74) is 1.01. The standard InChI is InChI=1S/C12H17N3OS/c1-3-6-13-11(8-10-5-4-7-16-10)12-9(2)14-15-17-12/h4-5,7,11,13H,3,6,8H2,1-2H3. The minimum absolute atomic E-state index is 0.251. The smallest absolute Gasteiger partial charge is 0.105 e. The fraction of sp³-hybridized carbons (Fsp3) is 0.500. The first kappa shape index (κ1) is 12.3. The molecule has 0 saturated heterocycles. The topological polar surface area (TPSA) is 51.0 Å². The Balaban J connectivity index is 2.11. The Labute approximate surface area is 105 Å². The summed E-state index contributed by atoms with van der Waals surface area (Å²) in [5, 5.41) is 7.59. The monoisotopic (exact) mass is 251 g/mol. The third kappa shape index (κ3) is 3.14. The van der Waals surface area contributed by atoms with Gasteiger partial charge in [0.15, 0.2) is 0 Å². The molecule has 0 aromatic carbocycles. The van der Waals surface area contributed by atoms with Gasteiger partial charge in [-0.05, 0) is 43.6 Å². The SMILES string of the molecule is CCCNC(Cc1ccco1)c1snnc1C. The molecule has 92 valence electrons. The lowest BCUT2D eigenvalue weighted by molar-refractivity contribution is 0.451. The van der Waals surface area contributed by atoms with E-state index in [1.54, 1.807) is 6.26 Å². The molecule has 0 amide bonds. The number of hydrogen-bond donors (Lipinski definition) is 1. The van der Waals surface area contributed by atoms with Crippen LogP contribution in [0.1, 0.15) is 35.7 Å². The van der Waals surface area contributed by atoms with E-state index in [4.69, 9.17) is 4.42 Å². The Hall–Kier alpha value is -1.20. The molecule has 0 fully saturated rings. The summed E-state index contributed by atoms with van der Waals surface area (Å²) < 4.78 is 9.41. The maximum Gasteiger partial charge on any atom is 0.105 e. The number of nitrogens with zero attached hydrogens (tertiary/aromatic N) is 2. The van der Waals surface area contributed by atoms with E-state index in [9.17, 15) is 0 Å². The second-order valence-electron chi connectivity index (χ2n) is 4.01. The van der Waals surface area contributed by atoms with Crippen molar-refractivity contribution >= 4 is 11.5 Å². The molecule has 17 heavy (non-hydrogen) atoms. The minimum atomic E-state index is 0.251. The van der Waals surface area contributed by atoms with E-state index in [1.807, 2.05) is 19.1 Å². The van der Waals surface area contributed by atoms with Crippen molar-refractivity contribution in [2.24, 2.45) is 0 Å². The van der Waals surface area contributed by atoms with E-state index in [1.165, 1.54) is 16.4 Å². The summed E-state index contributed by atoms with van der Waals surface area (Å²) in [4.78, 5) is 1.20. The molecule has 5 heteroatoms. The van der Waals surface area contributed by atoms with Crippen molar-refractivity contribution in [2.75, 3.05) is 6.54 Å². The highest BCUT2D eigenvalue weighted by Gasteiger charge is 2.18. The van der Waals surface area contributed by atoms with Crippen molar-refractivity contribution in [1.29, 1.82) is 0 Å². The van der Waals surface area contributed by atoms with Gasteiger partial charge in [0.2, 0.25) is 0 Å². The lowest BCUT2D eigenvalue weighted by Gasteiger charge is -2.15. The van der Waals surface area contributed by atoms with Crippen LogP contribution in [0.5, 0.6) is 0 Å². The van der Waals surface area contributed by atoms with E-state index >= 15 is 0 Å². The molecule has 1 unspecified atom stereocenters. The summed E-state index contributed by atoms with van der Waals surface area (Å²) >= 11 is 1.46. The van der Waals surface area contributed by atoms with Crippen LogP contribution < -0.4 is 5.32 Å². The molecule has 0 radical (unpaired) electrons. The molecule has 2 rings (SSSR count). The quantitative estimate of drug-likeness (QED) is 0.857. The van der Waals surface area contributed by atoms with Crippen LogP contribution in [0.25, 0.3) is 0 Å². The van der Waals surface area contributed by atoms with Crippen molar-refractivity contribution in [2.45, 2.75) is 32.7 Å². The highest BCUT2D eigenvalue weighted by molar-refractivity contribution is 7.05. The van der Waals surface area contributed by atoms with E-state index < -0.39 is 0 Å². The molecule has 2 heterocycles. The van der Waals surface area contributed by atoms with Crippen LogP contribution in [0, 0.1) is 6.92 Å². The van der Waals surface area contributed by atoms with Crippen molar-refractivity contribution in [3.63, 3.8) is 0 Å². The Morgan fingerprint density at radius 3 is 3.00 bits per heavy atom. The zero-order valence-corrected chi connectivity index (χ0v) is 11.0. The molecule has 2 aromatic heterocycles. The first-order chi connectivity index (χ1) is 8.31. The van der Waals surface area contributed by atoms with E-state index in [2.05, 4.69) is 21.8 Å². The number of nitrogens with one attached hydrogen (secondary N) is 1. The number of hydrogen-bond acceptors (Lipinski definition) is 5. The highest BCUT2D eigenvalue weighted by Crippen LogP contribution is 2.23. The number of furan rings is 1. The van der Waals surface area contributed by atoms with Gasteiger partial charge >= 0.3 is 0 Å². The average molecular weight is 251 g/mol. The Morgan fingerprint density at radius 2 is 2.41 bits per heavy atom. The van der Waals surface area contributed by atoms with Crippen molar-refractivity contribution < 1.29 is 4.42 Å². The third-order valence-electron chi connectivity index (χ3n) is 2.63. The molecule has 4 nitrogen and oxygen atoms in total. The van der Waals surface area contributed by atoms with Gasteiger partial charge in [0.1, 0.15) is 5.76 Å². The van der Waals surface area contributed by atoms with Crippen LogP contribution in [-0.4, -0.2) is 16.1 Å². The fourth-order valence-corrected chi connectivity index (χ4v) is 2.48. The number of aromatic nitrogens is 2. The Bertz CT molecular complexity index is 438. The Kier molecular flexibility index (Phi) is 4.28. The summed E-state index contributed by atoms with van der Waals surface area (Å²) in [5.74, 6) is 0.992. The van der Waals surface area contributed by atoms with Gasteiger partial charge in [0.05, 0.1) is 22.9 Å². The summed E-state index contributed by atoms with van der Waals surface area (Å²) in [6.07, 6.45) is 3.67. The predicted molar refractivity (Wildman–Crippen MR) is 68.1 cm³/mol. The molecule has 0 aliphatic rings. The van der Waals surface area contributed by atoms with Crippen LogP contribution >= 0.6 is 11.5 Å². The average Bonchev–Trinajstić information content (AvgIpc) is 2.95. The summed E-state index contributed by atoms with van der Waals surface area (Å²) in [6.45, 7) is 5.15. The highest BCUT2D eigenvalue weighted by atomic mass is 32.1. The van der Waals surface area contributed by atoms with Gasteiger partial charge in [-0.15, -0.1) is 5.10 Å². The second-order valence-corrected chi connectivity index (χ2v) is 4.80. The van der Waals surface area contributed by atoms with E-state index in [0.29, 0.717) is 0 Å².